The maximum atomic E-state index is 13.6. The molecule has 13 nitrogen and oxygen atoms in total. The summed E-state index contributed by atoms with van der Waals surface area (Å²) in [5.41, 5.74) is 30.0. The van der Waals surface area contributed by atoms with Crippen LogP contribution in [0, 0.1) is 0 Å². The summed E-state index contributed by atoms with van der Waals surface area (Å²) in [5.74, 6) is -0.392. The van der Waals surface area contributed by atoms with Gasteiger partial charge in [0.25, 0.3) is 0 Å². The van der Waals surface area contributed by atoms with Gasteiger partial charge in [0, 0.05) is 25.7 Å². The number of nitrogens with two attached hydrogens (primary N) is 5. The second-order valence-electron chi connectivity index (χ2n) is 11.4. The summed E-state index contributed by atoms with van der Waals surface area (Å²) in [4.78, 5) is 34.8. The van der Waals surface area contributed by atoms with E-state index in [2.05, 4.69) is 32.0 Å². The molecule has 0 aliphatic heterocycles. The van der Waals surface area contributed by atoms with Crippen LogP contribution < -0.4 is 44.6 Å². The Kier molecular flexibility index (Phi) is 14.1. The van der Waals surface area contributed by atoms with Crippen LogP contribution in [0.1, 0.15) is 49.8 Å². The van der Waals surface area contributed by atoms with Crippen molar-refractivity contribution in [2.75, 3.05) is 19.6 Å². The third-order valence-corrected chi connectivity index (χ3v) is 7.58. The van der Waals surface area contributed by atoms with E-state index in [1.165, 1.54) is 0 Å². The molecule has 0 radical (unpaired) electrons. The summed E-state index contributed by atoms with van der Waals surface area (Å²) in [7, 11) is 0. The number of carbonyl (C=O) groups is 2. The molecule has 2 amide bonds. The van der Waals surface area contributed by atoms with Crippen molar-refractivity contribution in [3.63, 3.8) is 0 Å². The summed E-state index contributed by atoms with van der Waals surface area (Å²) in [6.07, 6.45) is 2.45. The zero-order valence-electron chi connectivity index (χ0n) is 26.4. The number of fused-ring (bicyclic) bond motifs is 1. The molecule has 3 aromatic rings. The third kappa shape index (κ3) is 12.3. The molecule has 3 rings (SSSR count). The van der Waals surface area contributed by atoms with Gasteiger partial charge >= 0.3 is 0 Å². The number of phenols is 1. The lowest BCUT2D eigenvalue weighted by Gasteiger charge is -2.26. The van der Waals surface area contributed by atoms with Crippen LogP contribution in [0.15, 0.2) is 76.7 Å². The molecule has 0 saturated heterocycles. The first-order valence-corrected chi connectivity index (χ1v) is 15.5. The number of guanidine groups is 2. The van der Waals surface area contributed by atoms with Gasteiger partial charge in [0.05, 0.1) is 18.1 Å². The van der Waals surface area contributed by atoms with Crippen molar-refractivity contribution in [2.24, 2.45) is 38.7 Å². The van der Waals surface area contributed by atoms with Gasteiger partial charge < -0.3 is 49.7 Å². The number of nitrogens with zero attached hydrogens (tertiary/aromatic N) is 2. The molecule has 0 bridgehead atoms. The fourth-order valence-electron chi connectivity index (χ4n) is 5.05. The fraction of sp³-hybridized carbons (Fsp3) is 0.394. The average molecular weight is 633 g/mol. The zero-order chi connectivity index (χ0) is 33.5. The van der Waals surface area contributed by atoms with Crippen molar-refractivity contribution < 1.29 is 14.7 Å². The predicted molar refractivity (Wildman–Crippen MR) is 184 cm³/mol. The highest BCUT2D eigenvalue weighted by molar-refractivity contribution is 5.85. The standard InChI is InChI=1S/C33H48N10O3/c1-21(24-13-12-23-6-2-3-7-25(23)19-24)42-31(46)29(9-5-17-40-33(37)38)41-20-26(8-4-16-39-32(35)36)43-30(45)28(34)18-22-10-14-27(44)15-11-22/h2-3,6-7,10-15,19,21,26,28-29,41,44H,4-5,8-9,16-18,20,34H2,1H3,(H,42,46)(H,43,45)(H4,35,36,39)(H4,37,38,40)/t21-,26-,28-,29-/m0/s1. The van der Waals surface area contributed by atoms with Crippen LogP contribution in [0.25, 0.3) is 10.8 Å². The van der Waals surface area contributed by atoms with E-state index in [0.29, 0.717) is 51.7 Å². The van der Waals surface area contributed by atoms with Crippen molar-refractivity contribution in [2.45, 2.75) is 63.2 Å². The van der Waals surface area contributed by atoms with Crippen molar-refractivity contribution in [3.05, 3.63) is 77.9 Å². The Morgan fingerprint density at radius 3 is 2.09 bits per heavy atom. The average Bonchev–Trinajstić information content (AvgIpc) is 3.02. The van der Waals surface area contributed by atoms with Gasteiger partial charge in [-0.25, -0.2) is 0 Å². The van der Waals surface area contributed by atoms with E-state index in [1.54, 1.807) is 24.3 Å². The minimum absolute atomic E-state index is 0.00678. The number of phenolic OH excluding ortho intramolecular Hbond substituents is 1. The second-order valence-corrected chi connectivity index (χ2v) is 11.4. The molecule has 13 heteroatoms. The Balaban J connectivity index is 1.69. The van der Waals surface area contributed by atoms with Crippen LogP contribution in [-0.2, 0) is 16.0 Å². The SMILES string of the molecule is C[C@H](NC(=O)[C@H](CCCN=C(N)N)NC[C@H](CCCN=C(N)N)NC(=O)[C@@H](N)Cc1ccc(O)cc1)c1ccc2ccccc2c1. The largest absolute Gasteiger partial charge is 0.508 e. The van der Waals surface area contributed by atoms with Crippen LogP contribution in [0.2, 0.25) is 0 Å². The van der Waals surface area contributed by atoms with Crippen LogP contribution in [-0.4, -0.2) is 66.6 Å². The lowest BCUT2D eigenvalue weighted by atomic mass is 10.0. The van der Waals surface area contributed by atoms with Crippen molar-refractivity contribution in [1.29, 1.82) is 0 Å². The molecule has 0 spiro atoms. The number of carbonyl (C=O) groups excluding carboxylic acids is 2. The molecule has 3 aromatic carbocycles. The molecular weight excluding hydrogens is 584 g/mol. The number of hydrogen-bond donors (Lipinski definition) is 9. The number of amides is 2. The van der Waals surface area contributed by atoms with Crippen LogP contribution in [0.4, 0.5) is 0 Å². The minimum Gasteiger partial charge on any atom is -0.508 e. The topological polar surface area (TPSA) is 245 Å². The first-order chi connectivity index (χ1) is 22.0. The van der Waals surface area contributed by atoms with Crippen LogP contribution in [0.3, 0.4) is 0 Å². The van der Waals surface area contributed by atoms with E-state index >= 15 is 0 Å². The fourth-order valence-corrected chi connectivity index (χ4v) is 5.05. The van der Waals surface area contributed by atoms with Crippen molar-refractivity contribution in [1.82, 2.24) is 16.0 Å². The smallest absolute Gasteiger partial charge is 0.237 e. The summed E-state index contributed by atoms with van der Waals surface area (Å²) in [5, 5.41) is 21.3. The summed E-state index contributed by atoms with van der Waals surface area (Å²) in [6, 6.07) is 18.7. The van der Waals surface area contributed by atoms with Gasteiger partial charge in [0.2, 0.25) is 11.8 Å². The molecule has 0 fully saturated rings. The molecular formula is C33H48N10O3. The van der Waals surface area contributed by atoms with Crippen molar-refractivity contribution in [3.8, 4) is 5.75 Å². The first-order valence-electron chi connectivity index (χ1n) is 15.5. The Morgan fingerprint density at radius 2 is 1.43 bits per heavy atom. The highest BCUT2D eigenvalue weighted by atomic mass is 16.3. The Morgan fingerprint density at radius 1 is 0.804 bits per heavy atom. The van der Waals surface area contributed by atoms with Crippen LogP contribution >= 0.6 is 0 Å². The lowest BCUT2D eigenvalue weighted by molar-refractivity contribution is -0.124. The number of aromatic hydroxyl groups is 1. The Hall–Kier alpha value is -4.88. The predicted octanol–water partition coefficient (Wildman–Crippen LogP) is 0.843. The van der Waals surface area contributed by atoms with Gasteiger partial charge in [-0.2, -0.15) is 0 Å². The quantitative estimate of drug-likeness (QED) is 0.0547. The Labute approximate surface area is 270 Å². The van der Waals surface area contributed by atoms with E-state index < -0.39 is 12.1 Å². The highest BCUT2D eigenvalue weighted by Crippen LogP contribution is 2.20. The normalized spacial score (nSPS) is 13.6. The number of rotatable bonds is 18. The van der Waals surface area contributed by atoms with Gasteiger partial charge in [-0.1, -0.05) is 48.5 Å². The van der Waals surface area contributed by atoms with E-state index in [-0.39, 0.29) is 41.6 Å². The van der Waals surface area contributed by atoms with Crippen molar-refractivity contribution >= 4 is 34.5 Å². The van der Waals surface area contributed by atoms with E-state index in [0.717, 1.165) is 21.9 Å². The number of hydrogen-bond acceptors (Lipinski definition) is 7. The molecule has 248 valence electrons. The summed E-state index contributed by atoms with van der Waals surface area (Å²) in [6.45, 7) is 3.00. The zero-order valence-corrected chi connectivity index (χ0v) is 26.4. The summed E-state index contributed by atoms with van der Waals surface area (Å²) >= 11 is 0. The van der Waals surface area contributed by atoms with E-state index in [9.17, 15) is 14.7 Å². The molecule has 0 aliphatic carbocycles. The summed E-state index contributed by atoms with van der Waals surface area (Å²) < 4.78 is 0. The Bertz CT molecular complexity index is 1470. The minimum atomic E-state index is -0.814. The number of nitrogens with one attached hydrogen (secondary N) is 3. The van der Waals surface area contributed by atoms with E-state index in [1.807, 2.05) is 43.3 Å². The van der Waals surface area contributed by atoms with Gasteiger partial charge in [-0.3, -0.25) is 19.6 Å². The molecule has 14 N–H and O–H groups in total. The lowest BCUT2D eigenvalue weighted by Crippen LogP contribution is -2.53. The monoisotopic (exact) mass is 632 g/mol. The maximum absolute atomic E-state index is 13.6. The maximum Gasteiger partial charge on any atom is 0.237 e. The highest BCUT2D eigenvalue weighted by Gasteiger charge is 2.24. The second kappa shape index (κ2) is 18.2. The molecule has 0 aliphatic rings. The van der Waals surface area contributed by atoms with Gasteiger partial charge in [-0.15, -0.1) is 0 Å². The van der Waals surface area contributed by atoms with Gasteiger partial charge in [0.1, 0.15) is 5.75 Å². The van der Waals surface area contributed by atoms with E-state index in [4.69, 9.17) is 28.7 Å². The molecule has 4 atom stereocenters. The number of benzene rings is 3. The van der Waals surface area contributed by atoms with Crippen LogP contribution in [0.5, 0.6) is 5.75 Å². The van der Waals surface area contributed by atoms with Gasteiger partial charge in [0.15, 0.2) is 11.9 Å². The first kappa shape index (κ1) is 35.6. The molecule has 0 heterocycles. The molecule has 0 aromatic heterocycles. The molecule has 0 unspecified atom stereocenters. The molecule has 46 heavy (non-hydrogen) atoms. The van der Waals surface area contributed by atoms with Gasteiger partial charge in [-0.05, 0) is 79.1 Å². The molecule has 0 saturated carbocycles. The third-order valence-electron chi connectivity index (χ3n) is 7.58. The number of aliphatic imine (C=N–C) groups is 2.